The number of benzene rings is 1. The van der Waals surface area contributed by atoms with E-state index >= 15 is 0 Å². The fourth-order valence-electron chi connectivity index (χ4n) is 2.40. The molecule has 1 heterocycles. The SMILES string of the molecule is O=C(O)C(Cc1c[nH]c2cc(F)ccc12)NS(=O)(=O)C1CC1. The Morgan fingerprint density at radius 2 is 2.18 bits per heavy atom. The Morgan fingerprint density at radius 1 is 1.45 bits per heavy atom. The molecule has 0 spiro atoms. The van der Waals surface area contributed by atoms with E-state index in [1.807, 2.05) is 0 Å². The van der Waals surface area contributed by atoms with Gasteiger partial charge in [0, 0.05) is 23.5 Å². The number of nitrogens with one attached hydrogen (secondary N) is 2. The molecule has 1 aliphatic carbocycles. The molecule has 1 aromatic heterocycles. The molecule has 3 N–H and O–H groups in total. The van der Waals surface area contributed by atoms with Crippen LogP contribution in [0.5, 0.6) is 0 Å². The Kier molecular flexibility index (Phi) is 3.65. The lowest BCUT2D eigenvalue weighted by Crippen LogP contribution is -2.43. The predicted octanol–water partition coefficient (Wildman–Crippen LogP) is 1.38. The van der Waals surface area contributed by atoms with Crippen LogP contribution in [0.2, 0.25) is 0 Å². The molecule has 2 aromatic rings. The molecule has 0 aliphatic heterocycles. The highest BCUT2D eigenvalue weighted by molar-refractivity contribution is 7.90. The lowest BCUT2D eigenvalue weighted by molar-refractivity contribution is -0.138. The summed E-state index contributed by atoms with van der Waals surface area (Å²) in [7, 11) is -3.60. The summed E-state index contributed by atoms with van der Waals surface area (Å²) < 4.78 is 39.2. The number of halogens is 1. The first-order chi connectivity index (χ1) is 10.4. The van der Waals surface area contributed by atoms with Gasteiger partial charge in [-0.1, -0.05) is 0 Å². The maximum atomic E-state index is 13.1. The highest BCUT2D eigenvalue weighted by atomic mass is 32.2. The Labute approximate surface area is 126 Å². The van der Waals surface area contributed by atoms with E-state index in [1.54, 1.807) is 12.3 Å². The smallest absolute Gasteiger partial charge is 0.322 e. The molecule has 3 rings (SSSR count). The number of aromatic amines is 1. The Balaban J connectivity index is 1.85. The molecule has 1 fully saturated rings. The second-order valence-corrected chi connectivity index (χ2v) is 7.45. The van der Waals surface area contributed by atoms with Crippen molar-refractivity contribution in [2.75, 3.05) is 0 Å². The van der Waals surface area contributed by atoms with E-state index in [0.717, 1.165) is 0 Å². The van der Waals surface area contributed by atoms with Crippen molar-refractivity contribution in [3.63, 3.8) is 0 Å². The largest absolute Gasteiger partial charge is 0.480 e. The molecular formula is C14H15FN2O4S. The van der Waals surface area contributed by atoms with E-state index in [9.17, 15) is 22.7 Å². The van der Waals surface area contributed by atoms with Gasteiger partial charge in [-0.25, -0.2) is 17.5 Å². The maximum absolute atomic E-state index is 13.1. The number of sulfonamides is 1. The summed E-state index contributed by atoms with van der Waals surface area (Å²) in [5.74, 6) is -1.63. The first-order valence-electron chi connectivity index (χ1n) is 6.86. The van der Waals surface area contributed by atoms with Crippen molar-refractivity contribution in [1.82, 2.24) is 9.71 Å². The molecule has 118 valence electrons. The molecule has 0 amide bonds. The normalized spacial score (nSPS) is 16.8. The van der Waals surface area contributed by atoms with Gasteiger partial charge in [-0.3, -0.25) is 4.79 Å². The minimum atomic E-state index is -3.60. The van der Waals surface area contributed by atoms with Gasteiger partial charge in [0.15, 0.2) is 0 Å². The van der Waals surface area contributed by atoms with E-state index in [1.165, 1.54) is 12.1 Å². The average molecular weight is 326 g/mol. The second kappa shape index (κ2) is 5.36. The second-order valence-electron chi connectivity index (χ2n) is 5.46. The molecule has 1 unspecified atom stereocenters. The van der Waals surface area contributed by atoms with E-state index < -0.39 is 33.1 Å². The van der Waals surface area contributed by atoms with Crippen LogP contribution in [-0.2, 0) is 21.2 Å². The van der Waals surface area contributed by atoms with Crippen LogP contribution in [-0.4, -0.2) is 35.8 Å². The van der Waals surface area contributed by atoms with Gasteiger partial charge >= 0.3 is 5.97 Å². The number of carbonyl (C=O) groups is 1. The van der Waals surface area contributed by atoms with Crippen molar-refractivity contribution in [2.45, 2.75) is 30.6 Å². The molecule has 0 radical (unpaired) electrons. The van der Waals surface area contributed by atoms with Crippen LogP contribution in [0.15, 0.2) is 24.4 Å². The van der Waals surface area contributed by atoms with Gasteiger partial charge < -0.3 is 10.1 Å². The number of carboxylic acid groups (broad SMARTS) is 1. The zero-order chi connectivity index (χ0) is 15.9. The third-order valence-corrected chi connectivity index (χ3v) is 5.68. The van der Waals surface area contributed by atoms with E-state index in [2.05, 4.69) is 9.71 Å². The third-order valence-electron chi connectivity index (χ3n) is 3.72. The van der Waals surface area contributed by atoms with Crippen LogP contribution in [0.4, 0.5) is 4.39 Å². The maximum Gasteiger partial charge on any atom is 0.322 e. The predicted molar refractivity (Wildman–Crippen MR) is 78.5 cm³/mol. The molecule has 1 saturated carbocycles. The fourth-order valence-corrected chi connectivity index (χ4v) is 3.93. The Morgan fingerprint density at radius 3 is 2.82 bits per heavy atom. The molecule has 6 nitrogen and oxygen atoms in total. The van der Waals surface area contributed by atoms with Gasteiger partial charge in [0.25, 0.3) is 0 Å². The molecule has 0 bridgehead atoms. The van der Waals surface area contributed by atoms with Gasteiger partial charge in [0.2, 0.25) is 10.0 Å². The summed E-state index contributed by atoms with van der Waals surface area (Å²) in [4.78, 5) is 14.2. The molecule has 1 atom stereocenters. The highest BCUT2D eigenvalue weighted by Crippen LogP contribution is 2.28. The third kappa shape index (κ3) is 2.97. The van der Waals surface area contributed by atoms with Crippen LogP contribution in [0.25, 0.3) is 10.9 Å². The van der Waals surface area contributed by atoms with Crippen molar-refractivity contribution in [1.29, 1.82) is 0 Å². The van der Waals surface area contributed by atoms with Gasteiger partial charge in [-0.05, 0) is 36.6 Å². The Bertz CT molecular complexity index is 826. The number of aliphatic carboxylic acids is 1. The van der Waals surface area contributed by atoms with Crippen LogP contribution in [0.3, 0.4) is 0 Å². The van der Waals surface area contributed by atoms with Gasteiger partial charge in [0.1, 0.15) is 11.9 Å². The summed E-state index contributed by atoms with van der Waals surface area (Å²) in [6.07, 6.45) is 2.69. The average Bonchev–Trinajstić information content (AvgIpc) is 3.22. The summed E-state index contributed by atoms with van der Waals surface area (Å²) in [5.41, 5.74) is 1.17. The van der Waals surface area contributed by atoms with Crippen molar-refractivity contribution in [3.8, 4) is 0 Å². The Hall–Kier alpha value is -1.93. The molecule has 8 heteroatoms. The first kappa shape index (κ1) is 15.0. The number of hydrogen-bond donors (Lipinski definition) is 3. The number of H-pyrrole nitrogens is 1. The summed E-state index contributed by atoms with van der Waals surface area (Å²) in [6, 6.07) is 2.90. The van der Waals surface area contributed by atoms with Crippen LogP contribution >= 0.6 is 0 Å². The van der Waals surface area contributed by atoms with Gasteiger partial charge in [0.05, 0.1) is 5.25 Å². The van der Waals surface area contributed by atoms with Crippen LogP contribution < -0.4 is 4.72 Å². The first-order valence-corrected chi connectivity index (χ1v) is 8.41. The molecule has 1 aliphatic rings. The topological polar surface area (TPSA) is 99.3 Å². The highest BCUT2D eigenvalue weighted by Gasteiger charge is 2.38. The quantitative estimate of drug-likeness (QED) is 0.747. The van der Waals surface area contributed by atoms with Gasteiger partial charge in [-0.2, -0.15) is 0 Å². The van der Waals surface area contributed by atoms with Crippen LogP contribution in [0, 0.1) is 5.82 Å². The number of rotatable bonds is 6. The van der Waals surface area contributed by atoms with Crippen molar-refractivity contribution < 1.29 is 22.7 Å². The summed E-state index contributed by atoms with van der Waals surface area (Å²) in [5, 5.41) is 9.46. The van der Waals surface area contributed by atoms with Crippen LogP contribution in [0.1, 0.15) is 18.4 Å². The monoisotopic (exact) mass is 326 g/mol. The molecule has 1 aromatic carbocycles. The minimum Gasteiger partial charge on any atom is -0.480 e. The molecule has 22 heavy (non-hydrogen) atoms. The number of carboxylic acids is 1. The van der Waals surface area contributed by atoms with E-state index in [4.69, 9.17) is 0 Å². The standard InChI is InChI=1S/C14H15FN2O4S/c15-9-1-4-11-8(7-16-12(11)6-9)5-13(14(18)19)17-22(20,21)10-2-3-10/h1,4,6-7,10,13,16-17H,2-3,5H2,(H,18,19). The lowest BCUT2D eigenvalue weighted by Gasteiger charge is -2.14. The fraction of sp³-hybridized carbons (Fsp3) is 0.357. The number of aromatic nitrogens is 1. The van der Waals surface area contributed by atoms with E-state index in [0.29, 0.717) is 29.3 Å². The minimum absolute atomic E-state index is 0.00703. The number of hydrogen-bond acceptors (Lipinski definition) is 3. The van der Waals surface area contributed by atoms with Crippen molar-refractivity contribution in [2.24, 2.45) is 0 Å². The summed E-state index contributed by atoms with van der Waals surface area (Å²) >= 11 is 0. The number of fused-ring (bicyclic) bond motifs is 1. The summed E-state index contributed by atoms with van der Waals surface area (Å²) in [6.45, 7) is 0. The lowest BCUT2D eigenvalue weighted by atomic mass is 10.1. The molecular weight excluding hydrogens is 311 g/mol. The van der Waals surface area contributed by atoms with Crippen molar-refractivity contribution >= 4 is 26.9 Å². The van der Waals surface area contributed by atoms with Crippen molar-refractivity contribution in [3.05, 3.63) is 35.8 Å². The molecule has 0 saturated heterocycles. The van der Waals surface area contributed by atoms with E-state index in [-0.39, 0.29) is 6.42 Å². The zero-order valence-corrected chi connectivity index (χ0v) is 12.4. The van der Waals surface area contributed by atoms with Gasteiger partial charge in [-0.15, -0.1) is 0 Å². The zero-order valence-electron chi connectivity index (χ0n) is 11.5.